The fraction of sp³-hybridized carbons (Fsp3) is 0.577. The molecule has 2 aliphatic heterocycles. The number of carbonyl (C=O) groups is 2. The van der Waals surface area contributed by atoms with Crippen LogP contribution in [0.25, 0.3) is 0 Å². The molecule has 1 saturated heterocycles. The quantitative estimate of drug-likeness (QED) is 0.765. The molecule has 0 unspecified atom stereocenters. The van der Waals surface area contributed by atoms with Gasteiger partial charge < -0.3 is 15.0 Å². The number of hydrogen-bond donors (Lipinski definition) is 1. The minimum absolute atomic E-state index is 0.0505. The fourth-order valence-electron chi connectivity index (χ4n) is 5.02. The zero-order chi connectivity index (χ0) is 23.1. The summed E-state index contributed by atoms with van der Waals surface area (Å²) in [6.45, 7) is 5.43. The molecule has 4 rings (SSSR count). The Morgan fingerprint density at radius 1 is 1.09 bits per heavy atom. The van der Waals surface area contributed by atoms with Crippen LogP contribution in [-0.4, -0.2) is 52.7 Å². The molecule has 2 amide bonds. The van der Waals surface area contributed by atoms with Crippen molar-refractivity contribution in [1.29, 1.82) is 0 Å². The van der Waals surface area contributed by atoms with Gasteiger partial charge in [0.25, 0.3) is 5.91 Å². The minimum atomic E-state index is -0.0719. The zero-order valence-electron chi connectivity index (χ0n) is 19.7. The predicted octanol–water partition coefficient (Wildman–Crippen LogP) is 3.96. The molecule has 2 aliphatic rings. The normalized spacial score (nSPS) is 19.4. The average molecular weight is 453 g/mol. The van der Waals surface area contributed by atoms with Crippen molar-refractivity contribution in [2.75, 3.05) is 26.2 Å². The predicted molar refractivity (Wildman–Crippen MR) is 127 cm³/mol. The van der Waals surface area contributed by atoms with Crippen molar-refractivity contribution in [1.82, 2.24) is 20.0 Å². The maximum Gasteiger partial charge on any atom is 0.255 e. The van der Waals surface area contributed by atoms with Crippen LogP contribution in [0, 0.1) is 12.3 Å². The molecule has 3 heterocycles. The zero-order valence-corrected chi connectivity index (χ0v) is 19.7. The molecule has 1 aromatic heterocycles. The van der Waals surface area contributed by atoms with Gasteiger partial charge in [0.1, 0.15) is 5.75 Å². The van der Waals surface area contributed by atoms with E-state index >= 15 is 0 Å². The summed E-state index contributed by atoms with van der Waals surface area (Å²) in [6.07, 6.45) is 9.65. The third kappa shape index (κ3) is 5.95. The van der Waals surface area contributed by atoms with Crippen molar-refractivity contribution >= 4 is 11.8 Å². The fourth-order valence-corrected chi connectivity index (χ4v) is 5.02. The number of piperidine rings is 1. The number of ether oxygens (including phenoxy) is 1. The Morgan fingerprint density at radius 3 is 2.67 bits per heavy atom. The van der Waals surface area contributed by atoms with Crippen LogP contribution in [0.2, 0.25) is 0 Å². The first-order valence-electron chi connectivity index (χ1n) is 12.3. The van der Waals surface area contributed by atoms with E-state index in [9.17, 15) is 9.59 Å². The Kier molecular flexibility index (Phi) is 7.68. The summed E-state index contributed by atoms with van der Waals surface area (Å²) < 4.78 is 7.78. The number of fused-ring (bicyclic) bond motifs is 1. The van der Waals surface area contributed by atoms with Gasteiger partial charge in [-0.1, -0.05) is 31.4 Å². The molecular formula is C26H36N4O3. The number of rotatable bonds is 3. The van der Waals surface area contributed by atoms with E-state index in [1.165, 1.54) is 6.42 Å². The van der Waals surface area contributed by atoms with E-state index in [0.29, 0.717) is 37.4 Å². The van der Waals surface area contributed by atoms with Crippen LogP contribution in [0.4, 0.5) is 0 Å². The van der Waals surface area contributed by atoms with E-state index in [1.54, 1.807) is 6.20 Å². The molecule has 7 nitrogen and oxygen atoms in total. The molecular weight excluding hydrogens is 416 g/mol. The number of amides is 2. The van der Waals surface area contributed by atoms with E-state index < -0.39 is 0 Å². The summed E-state index contributed by atoms with van der Waals surface area (Å²) in [4.78, 5) is 27.8. The second kappa shape index (κ2) is 10.9. The van der Waals surface area contributed by atoms with Gasteiger partial charge in [0, 0.05) is 44.5 Å². The number of aryl methyl sites for hydroxylation is 2. The number of para-hydroxylation sites is 1. The molecule has 1 aromatic carbocycles. The topological polar surface area (TPSA) is 76.5 Å². The SMILES string of the molecule is Cc1ccnn1CCC(=O)N1CCC2(CCCCCCOc3ccccc3C(=O)NC2)CC1. The van der Waals surface area contributed by atoms with Crippen LogP contribution in [0.1, 0.15) is 67.4 Å². The highest BCUT2D eigenvalue weighted by atomic mass is 16.5. The van der Waals surface area contributed by atoms with Gasteiger partial charge in [-0.15, -0.1) is 0 Å². The van der Waals surface area contributed by atoms with Gasteiger partial charge in [-0.3, -0.25) is 14.3 Å². The molecule has 178 valence electrons. The first-order chi connectivity index (χ1) is 16.1. The lowest BCUT2D eigenvalue weighted by Gasteiger charge is -2.42. The van der Waals surface area contributed by atoms with Gasteiger partial charge in [-0.25, -0.2) is 0 Å². The number of carbonyl (C=O) groups excluding carboxylic acids is 2. The number of nitrogens with one attached hydrogen (secondary N) is 1. The summed E-state index contributed by atoms with van der Waals surface area (Å²) in [6, 6.07) is 9.45. The molecule has 0 aliphatic carbocycles. The number of hydrogen-bond acceptors (Lipinski definition) is 4. The smallest absolute Gasteiger partial charge is 0.255 e. The van der Waals surface area contributed by atoms with Crippen molar-refractivity contribution in [2.45, 2.75) is 64.8 Å². The molecule has 0 bridgehead atoms. The van der Waals surface area contributed by atoms with Crippen molar-refractivity contribution < 1.29 is 14.3 Å². The molecule has 0 saturated carbocycles. The average Bonchev–Trinajstić information content (AvgIpc) is 3.25. The van der Waals surface area contributed by atoms with E-state index in [4.69, 9.17) is 4.74 Å². The van der Waals surface area contributed by atoms with E-state index in [1.807, 2.05) is 46.8 Å². The van der Waals surface area contributed by atoms with E-state index in [2.05, 4.69) is 10.4 Å². The standard InChI is InChI=1S/C26H36N4O3/c1-21-10-15-28-30(21)16-11-24(31)29-17-13-26(14-18-29)12-6-2-3-7-19-33-23-9-5-4-8-22(23)25(32)27-20-26/h4-5,8-10,15H,2-3,6-7,11-14,16-20H2,1H3,(H,27,32). The summed E-state index contributed by atoms with van der Waals surface area (Å²) in [5, 5.41) is 7.48. The van der Waals surface area contributed by atoms with Crippen LogP contribution in [0.15, 0.2) is 36.5 Å². The van der Waals surface area contributed by atoms with Crippen molar-refractivity contribution in [3.63, 3.8) is 0 Å². The van der Waals surface area contributed by atoms with E-state index in [-0.39, 0.29) is 17.2 Å². The minimum Gasteiger partial charge on any atom is -0.493 e. The van der Waals surface area contributed by atoms with Crippen molar-refractivity contribution in [2.24, 2.45) is 5.41 Å². The lowest BCUT2D eigenvalue weighted by Crippen LogP contribution is -2.48. The molecule has 1 N–H and O–H groups in total. The first kappa shape index (κ1) is 23.3. The highest BCUT2D eigenvalue weighted by Gasteiger charge is 2.36. The monoisotopic (exact) mass is 452 g/mol. The second-order valence-electron chi connectivity index (χ2n) is 9.52. The molecule has 1 spiro atoms. The lowest BCUT2D eigenvalue weighted by atomic mass is 9.74. The van der Waals surface area contributed by atoms with E-state index in [0.717, 1.165) is 57.3 Å². The maximum atomic E-state index is 13.0. The Balaban J connectivity index is 1.37. The van der Waals surface area contributed by atoms with Gasteiger partial charge in [0.2, 0.25) is 5.91 Å². The van der Waals surface area contributed by atoms with Crippen LogP contribution in [0.3, 0.4) is 0 Å². The Hall–Kier alpha value is -2.83. The van der Waals surface area contributed by atoms with Crippen LogP contribution in [-0.2, 0) is 11.3 Å². The number of likely N-dealkylation sites (tertiary alicyclic amines) is 1. The van der Waals surface area contributed by atoms with Crippen LogP contribution < -0.4 is 10.1 Å². The highest BCUT2D eigenvalue weighted by molar-refractivity contribution is 5.96. The van der Waals surface area contributed by atoms with Gasteiger partial charge in [-0.2, -0.15) is 5.10 Å². The number of aromatic nitrogens is 2. The molecule has 0 atom stereocenters. The molecule has 33 heavy (non-hydrogen) atoms. The summed E-state index contributed by atoms with van der Waals surface area (Å²) in [5.41, 5.74) is 1.73. The highest BCUT2D eigenvalue weighted by Crippen LogP contribution is 2.37. The second-order valence-corrected chi connectivity index (χ2v) is 9.52. The van der Waals surface area contributed by atoms with Crippen molar-refractivity contribution in [3.8, 4) is 5.75 Å². The van der Waals surface area contributed by atoms with Crippen LogP contribution in [0.5, 0.6) is 5.75 Å². The summed E-state index contributed by atoms with van der Waals surface area (Å²) >= 11 is 0. The van der Waals surface area contributed by atoms with Crippen molar-refractivity contribution in [3.05, 3.63) is 47.8 Å². The third-order valence-corrected chi connectivity index (χ3v) is 7.26. The molecule has 7 heteroatoms. The first-order valence-corrected chi connectivity index (χ1v) is 12.3. The summed E-state index contributed by atoms with van der Waals surface area (Å²) in [7, 11) is 0. The Morgan fingerprint density at radius 2 is 1.88 bits per heavy atom. The van der Waals surface area contributed by atoms with Gasteiger partial charge in [0.15, 0.2) is 0 Å². The lowest BCUT2D eigenvalue weighted by molar-refractivity contribution is -0.133. The van der Waals surface area contributed by atoms with Gasteiger partial charge >= 0.3 is 0 Å². The Bertz CT molecular complexity index is 947. The molecule has 2 aromatic rings. The number of benzene rings is 1. The largest absolute Gasteiger partial charge is 0.493 e. The number of nitrogens with zero attached hydrogens (tertiary/aromatic N) is 3. The molecule has 1 fully saturated rings. The van der Waals surface area contributed by atoms with Gasteiger partial charge in [-0.05, 0) is 56.2 Å². The van der Waals surface area contributed by atoms with Gasteiger partial charge in [0.05, 0.1) is 12.2 Å². The third-order valence-electron chi connectivity index (χ3n) is 7.26. The maximum absolute atomic E-state index is 13.0. The summed E-state index contributed by atoms with van der Waals surface area (Å²) in [5.74, 6) is 0.785. The van der Waals surface area contributed by atoms with Crippen LogP contribution >= 0.6 is 0 Å². The molecule has 0 radical (unpaired) electrons. The Labute approximate surface area is 196 Å².